The van der Waals surface area contributed by atoms with Crippen LogP contribution in [0.4, 0.5) is 0 Å². The fourth-order valence-electron chi connectivity index (χ4n) is 3.09. The zero-order chi connectivity index (χ0) is 16.3. The fraction of sp³-hybridized carbons (Fsp3) is 0.625. The number of benzene rings is 1. The van der Waals surface area contributed by atoms with E-state index in [-0.39, 0.29) is 10.9 Å². The molecule has 0 aliphatic carbocycles. The van der Waals surface area contributed by atoms with Gasteiger partial charge in [0.2, 0.25) is 10.0 Å². The first kappa shape index (κ1) is 17.2. The molecule has 0 radical (unpaired) electrons. The van der Waals surface area contributed by atoms with Crippen molar-refractivity contribution in [3.63, 3.8) is 0 Å². The highest BCUT2D eigenvalue weighted by Crippen LogP contribution is 2.29. The predicted molar refractivity (Wildman–Crippen MR) is 87.8 cm³/mol. The number of piperidine rings is 1. The maximum absolute atomic E-state index is 12.8. The molecule has 2 atom stereocenters. The van der Waals surface area contributed by atoms with Crippen molar-refractivity contribution in [1.29, 1.82) is 0 Å². The average Bonchev–Trinajstić information content (AvgIpc) is 2.47. The van der Waals surface area contributed by atoms with Crippen molar-refractivity contribution in [2.75, 3.05) is 20.2 Å². The Morgan fingerprint density at radius 1 is 1.36 bits per heavy atom. The quantitative estimate of drug-likeness (QED) is 0.868. The molecule has 1 fully saturated rings. The van der Waals surface area contributed by atoms with Crippen LogP contribution in [0.25, 0.3) is 0 Å². The van der Waals surface area contributed by atoms with Gasteiger partial charge in [-0.05, 0) is 69.8 Å². The molecular weight excluding hydrogens is 300 g/mol. The van der Waals surface area contributed by atoms with Crippen LogP contribution in [0.5, 0.6) is 5.75 Å². The van der Waals surface area contributed by atoms with E-state index in [1.54, 1.807) is 6.07 Å². The number of hydrogen-bond donors (Lipinski definition) is 2. The first-order chi connectivity index (χ1) is 10.3. The highest BCUT2D eigenvalue weighted by Gasteiger charge is 2.27. The van der Waals surface area contributed by atoms with Crippen LogP contribution in [-0.2, 0) is 10.0 Å². The van der Waals surface area contributed by atoms with Crippen molar-refractivity contribution in [3.05, 3.63) is 23.3 Å². The van der Waals surface area contributed by atoms with Crippen molar-refractivity contribution in [3.8, 4) is 5.75 Å². The van der Waals surface area contributed by atoms with E-state index >= 15 is 0 Å². The molecule has 0 amide bonds. The molecule has 0 bridgehead atoms. The summed E-state index contributed by atoms with van der Waals surface area (Å²) in [6, 6.07) is 3.48. The van der Waals surface area contributed by atoms with E-state index in [0.717, 1.165) is 37.1 Å². The summed E-state index contributed by atoms with van der Waals surface area (Å²) in [4.78, 5) is 0.225. The molecule has 6 heteroatoms. The molecule has 0 aromatic heterocycles. The summed E-state index contributed by atoms with van der Waals surface area (Å²) in [6.07, 6.45) is 2.13. The Balaban J connectivity index is 2.26. The number of hydrogen-bond acceptors (Lipinski definition) is 4. The van der Waals surface area contributed by atoms with Crippen LogP contribution in [0.15, 0.2) is 17.0 Å². The molecule has 1 aliphatic rings. The number of rotatable bonds is 5. The summed E-state index contributed by atoms with van der Waals surface area (Å²) >= 11 is 0. The normalized spacial score (nSPS) is 20.6. The SMILES string of the molecule is COc1c(C)cc(C)cc1S(=O)(=O)NC(C)C1CCCNC1. The van der Waals surface area contributed by atoms with Gasteiger partial charge < -0.3 is 10.1 Å². The molecule has 2 N–H and O–H groups in total. The largest absolute Gasteiger partial charge is 0.495 e. The van der Waals surface area contributed by atoms with Crippen molar-refractivity contribution >= 4 is 10.0 Å². The number of sulfonamides is 1. The van der Waals surface area contributed by atoms with Crippen LogP contribution in [0.3, 0.4) is 0 Å². The number of ether oxygens (including phenoxy) is 1. The average molecular weight is 326 g/mol. The third kappa shape index (κ3) is 3.80. The fourth-order valence-corrected chi connectivity index (χ4v) is 4.72. The van der Waals surface area contributed by atoms with Gasteiger partial charge in [0.15, 0.2) is 0 Å². The van der Waals surface area contributed by atoms with Gasteiger partial charge in [-0.25, -0.2) is 13.1 Å². The number of aryl methyl sites for hydroxylation is 2. The third-order valence-corrected chi connectivity index (χ3v) is 5.83. The smallest absolute Gasteiger partial charge is 0.244 e. The van der Waals surface area contributed by atoms with Gasteiger partial charge in [0.05, 0.1) is 7.11 Å². The van der Waals surface area contributed by atoms with Crippen LogP contribution in [0, 0.1) is 19.8 Å². The molecule has 1 heterocycles. The van der Waals surface area contributed by atoms with Gasteiger partial charge in [-0.15, -0.1) is 0 Å². The Morgan fingerprint density at radius 2 is 2.09 bits per heavy atom. The first-order valence-corrected chi connectivity index (χ1v) is 9.21. The summed E-state index contributed by atoms with van der Waals surface area (Å²) in [5, 5.41) is 3.32. The van der Waals surface area contributed by atoms with E-state index in [9.17, 15) is 8.42 Å². The number of nitrogens with one attached hydrogen (secondary N) is 2. The summed E-state index contributed by atoms with van der Waals surface area (Å²) in [7, 11) is -2.09. The van der Waals surface area contributed by atoms with Gasteiger partial charge in [-0.2, -0.15) is 0 Å². The Morgan fingerprint density at radius 3 is 2.68 bits per heavy atom. The maximum Gasteiger partial charge on any atom is 0.244 e. The van der Waals surface area contributed by atoms with Crippen LogP contribution >= 0.6 is 0 Å². The topological polar surface area (TPSA) is 67.4 Å². The van der Waals surface area contributed by atoms with Crippen molar-refractivity contribution < 1.29 is 13.2 Å². The molecule has 22 heavy (non-hydrogen) atoms. The van der Waals surface area contributed by atoms with Gasteiger partial charge in [0.1, 0.15) is 10.6 Å². The Hall–Kier alpha value is -1.11. The lowest BCUT2D eigenvalue weighted by Crippen LogP contribution is -2.44. The molecule has 0 saturated carbocycles. The Kier molecular flexibility index (Phi) is 5.47. The Bertz CT molecular complexity index is 623. The summed E-state index contributed by atoms with van der Waals surface area (Å²) < 4.78 is 33.7. The second kappa shape index (κ2) is 6.98. The van der Waals surface area contributed by atoms with Gasteiger partial charge in [0, 0.05) is 6.04 Å². The summed E-state index contributed by atoms with van der Waals surface area (Å²) in [5.74, 6) is 0.743. The lowest BCUT2D eigenvalue weighted by molar-refractivity contribution is 0.320. The van der Waals surface area contributed by atoms with E-state index in [2.05, 4.69) is 10.0 Å². The standard InChI is InChI=1S/C16H26N2O3S/c1-11-8-12(2)16(21-4)15(9-11)22(19,20)18-13(3)14-6-5-7-17-10-14/h8-9,13-14,17-18H,5-7,10H2,1-4H3. The molecule has 1 aromatic rings. The minimum absolute atomic E-state index is 0.108. The monoisotopic (exact) mass is 326 g/mol. The lowest BCUT2D eigenvalue weighted by atomic mass is 9.94. The minimum atomic E-state index is -3.60. The molecule has 1 aromatic carbocycles. The highest BCUT2D eigenvalue weighted by atomic mass is 32.2. The van der Waals surface area contributed by atoms with E-state index in [0.29, 0.717) is 11.7 Å². The molecular formula is C16H26N2O3S. The second-order valence-electron chi connectivity index (χ2n) is 6.13. The van der Waals surface area contributed by atoms with Crippen LogP contribution < -0.4 is 14.8 Å². The third-order valence-electron chi connectivity index (χ3n) is 4.26. The predicted octanol–water partition coefficient (Wildman–Crippen LogP) is 1.98. The van der Waals surface area contributed by atoms with Crippen LogP contribution in [0.2, 0.25) is 0 Å². The zero-order valence-electron chi connectivity index (χ0n) is 13.8. The van der Waals surface area contributed by atoms with E-state index in [1.807, 2.05) is 26.8 Å². The van der Waals surface area contributed by atoms with Gasteiger partial charge in [-0.3, -0.25) is 0 Å². The molecule has 2 unspecified atom stereocenters. The Labute approximate surface area is 133 Å². The molecule has 5 nitrogen and oxygen atoms in total. The van der Waals surface area contributed by atoms with Crippen molar-refractivity contribution in [2.24, 2.45) is 5.92 Å². The molecule has 124 valence electrons. The van der Waals surface area contributed by atoms with E-state index < -0.39 is 10.0 Å². The summed E-state index contributed by atoms with van der Waals surface area (Å²) in [6.45, 7) is 7.55. The van der Waals surface area contributed by atoms with E-state index in [4.69, 9.17) is 4.74 Å². The highest BCUT2D eigenvalue weighted by molar-refractivity contribution is 7.89. The van der Waals surface area contributed by atoms with Gasteiger partial charge in [-0.1, -0.05) is 6.07 Å². The van der Waals surface area contributed by atoms with Crippen molar-refractivity contribution in [1.82, 2.24) is 10.0 Å². The summed E-state index contributed by atoms with van der Waals surface area (Å²) in [5.41, 5.74) is 1.74. The van der Waals surface area contributed by atoms with Crippen LogP contribution in [0.1, 0.15) is 30.9 Å². The first-order valence-electron chi connectivity index (χ1n) is 7.73. The minimum Gasteiger partial charge on any atom is -0.495 e. The molecule has 0 spiro atoms. The van der Waals surface area contributed by atoms with Crippen molar-refractivity contribution in [2.45, 2.75) is 44.6 Å². The van der Waals surface area contributed by atoms with E-state index in [1.165, 1.54) is 7.11 Å². The number of methoxy groups -OCH3 is 1. The molecule has 1 saturated heterocycles. The maximum atomic E-state index is 12.8. The second-order valence-corrected chi connectivity index (χ2v) is 7.81. The zero-order valence-corrected chi connectivity index (χ0v) is 14.6. The molecule has 2 rings (SSSR count). The lowest BCUT2D eigenvalue weighted by Gasteiger charge is -2.29. The van der Waals surface area contributed by atoms with Gasteiger partial charge in [0.25, 0.3) is 0 Å². The van der Waals surface area contributed by atoms with Gasteiger partial charge >= 0.3 is 0 Å². The van der Waals surface area contributed by atoms with Crippen LogP contribution in [-0.4, -0.2) is 34.7 Å². The molecule has 1 aliphatic heterocycles.